The lowest BCUT2D eigenvalue weighted by Crippen LogP contribution is -2.38. The van der Waals surface area contributed by atoms with Crippen molar-refractivity contribution in [1.82, 2.24) is 15.2 Å². The van der Waals surface area contributed by atoms with Crippen molar-refractivity contribution in [2.24, 2.45) is 5.41 Å². The van der Waals surface area contributed by atoms with Crippen molar-refractivity contribution in [2.75, 3.05) is 26.2 Å². The van der Waals surface area contributed by atoms with Gasteiger partial charge in [-0.05, 0) is 51.2 Å². The number of rotatable bonds is 2. The van der Waals surface area contributed by atoms with Crippen molar-refractivity contribution in [3.05, 3.63) is 15.6 Å². The molecule has 0 aromatic carbocycles. The average molecular weight is 319 g/mol. The molecule has 0 unspecified atom stereocenters. The second-order valence-corrected chi connectivity index (χ2v) is 7.50. The molecule has 2 aliphatic heterocycles. The predicted octanol–water partition coefficient (Wildman–Crippen LogP) is 3.05. The van der Waals surface area contributed by atoms with E-state index < -0.39 is 11.9 Å². The fourth-order valence-electron chi connectivity index (χ4n) is 3.53. The second kappa shape index (κ2) is 5.52. The first-order valence-electron chi connectivity index (χ1n) is 7.35. The topological polar surface area (TPSA) is 28.2 Å². The van der Waals surface area contributed by atoms with Crippen molar-refractivity contribution in [1.29, 1.82) is 0 Å². The number of likely N-dealkylation sites (tertiary alicyclic amines) is 1. The molecule has 1 aromatic heterocycles. The molecule has 0 radical (unpaired) electrons. The van der Waals surface area contributed by atoms with Crippen LogP contribution in [0.2, 0.25) is 0 Å². The summed E-state index contributed by atoms with van der Waals surface area (Å²) in [4.78, 5) is 6.23. The molecule has 1 spiro atoms. The number of halogens is 3. The third kappa shape index (κ3) is 3.24. The summed E-state index contributed by atoms with van der Waals surface area (Å²) in [6, 6.07) is 0. The Hall–Kier alpha value is -0.660. The Kier molecular flexibility index (Phi) is 4.00. The van der Waals surface area contributed by atoms with Crippen LogP contribution in [0.4, 0.5) is 13.2 Å². The van der Waals surface area contributed by atoms with Crippen molar-refractivity contribution in [3.8, 4) is 0 Å². The highest BCUT2D eigenvalue weighted by molar-refractivity contribution is 7.11. The van der Waals surface area contributed by atoms with E-state index in [1.807, 2.05) is 0 Å². The fraction of sp³-hybridized carbons (Fsp3) is 0.786. The Labute approximate surface area is 126 Å². The minimum absolute atomic E-state index is 0.323. The minimum Gasteiger partial charge on any atom is -0.317 e. The summed E-state index contributed by atoms with van der Waals surface area (Å²) < 4.78 is 39.0. The predicted molar refractivity (Wildman–Crippen MR) is 76.3 cm³/mol. The molecule has 2 fully saturated rings. The third-order valence-electron chi connectivity index (χ3n) is 4.62. The number of thiazole rings is 1. The molecule has 118 valence electrons. The molecule has 1 N–H and O–H groups in total. The molecule has 0 aliphatic carbocycles. The highest BCUT2D eigenvalue weighted by Gasteiger charge is 2.41. The van der Waals surface area contributed by atoms with E-state index in [4.69, 9.17) is 0 Å². The van der Waals surface area contributed by atoms with Crippen LogP contribution in [-0.2, 0) is 12.7 Å². The summed E-state index contributed by atoms with van der Waals surface area (Å²) >= 11 is 1.18. The first kappa shape index (κ1) is 15.2. The van der Waals surface area contributed by atoms with Gasteiger partial charge in [-0.2, -0.15) is 13.2 Å². The van der Waals surface area contributed by atoms with E-state index in [-0.39, 0.29) is 0 Å². The fourth-order valence-corrected chi connectivity index (χ4v) is 4.53. The first-order valence-corrected chi connectivity index (χ1v) is 8.16. The van der Waals surface area contributed by atoms with Crippen LogP contribution in [0.1, 0.15) is 34.8 Å². The van der Waals surface area contributed by atoms with Gasteiger partial charge in [-0.1, -0.05) is 0 Å². The lowest BCUT2D eigenvalue weighted by Gasteiger charge is -2.33. The maximum atomic E-state index is 13.0. The number of hydrogen-bond acceptors (Lipinski definition) is 4. The first-order chi connectivity index (χ1) is 9.88. The Morgan fingerprint density at radius 2 is 2.00 bits per heavy atom. The number of aryl methyl sites for hydroxylation is 1. The van der Waals surface area contributed by atoms with Gasteiger partial charge >= 0.3 is 6.18 Å². The Bertz CT molecular complexity index is 506. The molecule has 3 rings (SSSR count). The van der Waals surface area contributed by atoms with Gasteiger partial charge in [-0.25, -0.2) is 4.98 Å². The van der Waals surface area contributed by atoms with Crippen LogP contribution in [0, 0.1) is 12.3 Å². The molecule has 21 heavy (non-hydrogen) atoms. The average Bonchev–Trinajstić information content (AvgIpc) is 2.95. The quantitative estimate of drug-likeness (QED) is 0.908. The molecule has 0 atom stereocenters. The van der Waals surface area contributed by atoms with E-state index in [0.29, 0.717) is 21.8 Å². The van der Waals surface area contributed by atoms with Gasteiger partial charge in [-0.15, -0.1) is 11.3 Å². The zero-order valence-electron chi connectivity index (χ0n) is 12.1. The monoisotopic (exact) mass is 319 g/mol. The third-order valence-corrected chi connectivity index (χ3v) is 5.58. The smallest absolute Gasteiger partial charge is 0.317 e. The van der Waals surface area contributed by atoms with Crippen LogP contribution < -0.4 is 5.32 Å². The summed E-state index contributed by atoms with van der Waals surface area (Å²) in [5, 5.41) is 3.85. The molecule has 2 saturated heterocycles. The number of piperidine rings is 1. The van der Waals surface area contributed by atoms with Gasteiger partial charge in [0.1, 0.15) is 0 Å². The highest BCUT2D eigenvalue weighted by Crippen LogP contribution is 2.41. The molecule has 0 saturated carbocycles. The summed E-state index contributed by atoms with van der Waals surface area (Å²) in [6.07, 6.45) is -0.964. The number of aromatic nitrogens is 1. The SMILES string of the molecule is Cc1nc(C(F)(F)F)c(CN2CCC3(CCNCC3)C2)s1. The Balaban J connectivity index is 1.71. The molecule has 0 amide bonds. The van der Waals surface area contributed by atoms with E-state index in [9.17, 15) is 13.2 Å². The number of alkyl halides is 3. The van der Waals surface area contributed by atoms with Crippen LogP contribution in [-0.4, -0.2) is 36.1 Å². The van der Waals surface area contributed by atoms with E-state index >= 15 is 0 Å². The summed E-state index contributed by atoms with van der Waals surface area (Å²) in [7, 11) is 0. The van der Waals surface area contributed by atoms with Crippen molar-refractivity contribution in [2.45, 2.75) is 38.9 Å². The van der Waals surface area contributed by atoms with E-state index in [2.05, 4.69) is 15.2 Å². The van der Waals surface area contributed by atoms with Crippen molar-refractivity contribution in [3.63, 3.8) is 0 Å². The molecular weight excluding hydrogens is 299 g/mol. The van der Waals surface area contributed by atoms with Gasteiger partial charge < -0.3 is 5.32 Å². The summed E-state index contributed by atoms with van der Waals surface area (Å²) in [5.74, 6) is 0. The zero-order chi connectivity index (χ0) is 15.1. The summed E-state index contributed by atoms with van der Waals surface area (Å²) in [6.45, 7) is 5.90. The molecule has 3 heterocycles. The number of nitrogens with zero attached hydrogens (tertiary/aromatic N) is 2. The van der Waals surface area contributed by atoms with E-state index in [1.54, 1.807) is 6.92 Å². The van der Waals surface area contributed by atoms with Crippen LogP contribution in [0.15, 0.2) is 0 Å². The Morgan fingerprint density at radius 1 is 1.29 bits per heavy atom. The number of nitrogens with one attached hydrogen (secondary N) is 1. The van der Waals surface area contributed by atoms with Crippen LogP contribution >= 0.6 is 11.3 Å². The normalized spacial score (nSPS) is 23.0. The van der Waals surface area contributed by atoms with Crippen LogP contribution in [0.25, 0.3) is 0 Å². The van der Waals surface area contributed by atoms with Gasteiger partial charge in [-0.3, -0.25) is 4.90 Å². The maximum absolute atomic E-state index is 13.0. The Morgan fingerprint density at radius 3 is 2.67 bits per heavy atom. The molecule has 0 bridgehead atoms. The van der Waals surface area contributed by atoms with E-state index in [0.717, 1.165) is 45.4 Å². The van der Waals surface area contributed by atoms with Crippen molar-refractivity contribution < 1.29 is 13.2 Å². The highest BCUT2D eigenvalue weighted by atomic mass is 32.1. The van der Waals surface area contributed by atoms with Gasteiger partial charge in [0.2, 0.25) is 0 Å². The van der Waals surface area contributed by atoms with Crippen LogP contribution in [0.3, 0.4) is 0 Å². The maximum Gasteiger partial charge on any atom is 0.434 e. The van der Waals surface area contributed by atoms with Crippen molar-refractivity contribution >= 4 is 11.3 Å². The molecule has 7 heteroatoms. The standard InChI is InChI=1S/C14H20F3N3S/c1-10-19-12(14(15,16)17)11(21-10)8-20-7-4-13(9-20)2-5-18-6-3-13/h18H,2-9H2,1H3. The zero-order valence-corrected chi connectivity index (χ0v) is 12.9. The van der Waals surface area contributed by atoms with Gasteiger partial charge in [0, 0.05) is 13.1 Å². The number of hydrogen-bond donors (Lipinski definition) is 1. The molecule has 1 aromatic rings. The van der Waals surface area contributed by atoms with E-state index in [1.165, 1.54) is 11.3 Å². The van der Waals surface area contributed by atoms with Gasteiger partial charge in [0.15, 0.2) is 5.69 Å². The molecule has 2 aliphatic rings. The molecular formula is C14H20F3N3S. The van der Waals surface area contributed by atoms with Gasteiger partial charge in [0.25, 0.3) is 0 Å². The van der Waals surface area contributed by atoms with Crippen LogP contribution in [0.5, 0.6) is 0 Å². The summed E-state index contributed by atoms with van der Waals surface area (Å²) in [5.41, 5.74) is -0.361. The lowest BCUT2D eigenvalue weighted by molar-refractivity contribution is -0.141. The minimum atomic E-state index is -4.34. The molecule has 3 nitrogen and oxygen atoms in total. The second-order valence-electron chi connectivity index (χ2n) is 6.21. The van der Waals surface area contributed by atoms with Gasteiger partial charge in [0.05, 0.1) is 9.88 Å². The largest absolute Gasteiger partial charge is 0.434 e. The lowest BCUT2D eigenvalue weighted by atomic mass is 9.78.